The first kappa shape index (κ1) is 10.9. The minimum absolute atomic E-state index is 0.122. The van der Waals surface area contributed by atoms with Crippen molar-refractivity contribution in [1.29, 1.82) is 0 Å². The van der Waals surface area contributed by atoms with E-state index in [2.05, 4.69) is 0 Å². The summed E-state index contributed by atoms with van der Waals surface area (Å²) in [5.74, 6) is -0.315. The maximum atomic E-state index is 11.3. The second kappa shape index (κ2) is 4.88. The van der Waals surface area contributed by atoms with Crippen molar-refractivity contribution in [3.8, 4) is 0 Å². The van der Waals surface area contributed by atoms with Crippen LogP contribution in [0.1, 0.15) is 32.6 Å². The van der Waals surface area contributed by atoms with Crippen LogP contribution in [0.15, 0.2) is 0 Å². The molecule has 0 heterocycles. The Morgan fingerprint density at radius 2 is 2.14 bits per heavy atom. The molecule has 0 radical (unpaired) electrons. The number of ketones is 2. The molecule has 1 unspecified atom stereocenters. The Hall–Kier alpha value is -1.19. The minimum atomic E-state index is -0.348. The van der Waals surface area contributed by atoms with E-state index in [1.54, 1.807) is 0 Å². The van der Waals surface area contributed by atoms with Gasteiger partial charge in [-0.3, -0.25) is 14.4 Å². The Labute approximate surface area is 82.6 Å². The van der Waals surface area contributed by atoms with Crippen LogP contribution in [-0.2, 0) is 19.1 Å². The van der Waals surface area contributed by atoms with Gasteiger partial charge >= 0.3 is 5.97 Å². The van der Waals surface area contributed by atoms with E-state index in [0.29, 0.717) is 25.7 Å². The highest BCUT2D eigenvalue weighted by Crippen LogP contribution is 2.20. The number of Topliss-reactive ketones (excluding diaryl/α,β-unsaturated/α-hetero) is 2. The van der Waals surface area contributed by atoms with E-state index in [4.69, 9.17) is 4.74 Å². The van der Waals surface area contributed by atoms with Gasteiger partial charge in [0.2, 0.25) is 0 Å². The molecule has 4 nitrogen and oxygen atoms in total. The second-order valence-electron chi connectivity index (χ2n) is 3.53. The van der Waals surface area contributed by atoms with E-state index in [-0.39, 0.29) is 30.1 Å². The SMILES string of the molecule is CC(=O)OCCC1CC(=O)CCC1=O. The molecule has 0 N–H and O–H groups in total. The Balaban J connectivity index is 2.31. The summed E-state index contributed by atoms with van der Waals surface area (Å²) in [6.45, 7) is 1.56. The first-order valence-corrected chi connectivity index (χ1v) is 4.77. The van der Waals surface area contributed by atoms with Crippen LogP contribution >= 0.6 is 0 Å². The molecular weight excluding hydrogens is 184 g/mol. The van der Waals surface area contributed by atoms with Gasteiger partial charge < -0.3 is 4.74 Å². The van der Waals surface area contributed by atoms with E-state index in [1.807, 2.05) is 0 Å². The highest BCUT2D eigenvalue weighted by molar-refractivity contribution is 5.94. The summed E-state index contributed by atoms with van der Waals surface area (Å²) in [5, 5.41) is 0. The van der Waals surface area contributed by atoms with Gasteiger partial charge in [-0.05, 0) is 6.42 Å². The van der Waals surface area contributed by atoms with E-state index in [1.165, 1.54) is 6.92 Å². The van der Waals surface area contributed by atoms with Crippen molar-refractivity contribution >= 4 is 17.5 Å². The largest absolute Gasteiger partial charge is 0.466 e. The van der Waals surface area contributed by atoms with Crippen molar-refractivity contribution in [2.75, 3.05) is 6.61 Å². The lowest BCUT2D eigenvalue weighted by atomic mass is 9.85. The average Bonchev–Trinajstić information content (AvgIpc) is 2.10. The van der Waals surface area contributed by atoms with Crippen LogP contribution < -0.4 is 0 Å². The molecule has 0 aliphatic heterocycles. The maximum Gasteiger partial charge on any atom is 0.302 e. The molecule has 0 aromatic heterocycles. The van der Waals surface area contributed by atoms with Crippen molar-refractivity contribution in [1.82, 2.24) is 0 Å². The number of hydrogen-bond donors (Lipinski definition) is 0. The molecule has 1 aliphatic rings. The number of hydrogen-bond acceptors (Lipinski definition) is 4. The number of carbonyl (C=O) groups excluding carboxylic acids is 3. The molecule has 4 heteroatoms. The fourth-order valence-corrected chi connectivity index (χ4v) is 1.57. The van der Waals surface area contributed by atoms with Gasteiger partial charge in [0.15, 0.2) is 0 Å². The summed E-state index contributed by atoms with van der Waals surface area (Å²) < 4.78 is 4.73. The Bertz CT molecular complexity index is 257. The molecule has 1 atom stereocenters. The summed E-state index contributed by atoms with van der Waals surface area (Å²) in [4.78, 5) is 32.8. The molecule has 0 aromatic carbocycles. The van der Waals surface area contributed by atoms with Gasteiger partial charge in [0.05, 0.1) is 6.61 Å². The van der Waals surface area contributed by atoms with Crippen molar-refractivity contribution < 1.29 is 19.1 Å². The monoisotopic (exact) mass is 198 g/mol. The molecule has 1 aliphatic carbocycles. The maximum absolute atomic E-state index is 11.3. The second-order valence-corrected chi connectivity index (χ2v) is 3.53. The zero-order valence-electron chi connectivity index (χ0n) is 8.25. The molecule has 14 heavy (non-hydrogen) atoms. The Morgan fingerprint density at radius 1 is 1.43 bits per heavy atom. The van der Waals surface area contributed by atoms with Crippen molar-refractivity contribution in [2.45, 2.75) is 32.6 Å². The zero-order chi connectivity index (χ0) is 10.6. The number of carbonyl (C=O) groups is 3. The summed E-state index contributed by atoms with van der Waals surface area (Å²) in [5.41, 5.74) is 0. The Kier molecular flexibility index (Phi) is 3.80. The lowest BCUT2D eigenvalue weighted by Crippen LogP contribution is -2.26. The summed E-state index contributed by atoms with van der Waals surface area (Å²) in [7, 11) is 0. The van der Waals surface area contributed by atoms with E-state index in [0.717, 1.165) is 0 Å². The number of rotatable bonds is 3. The third kappa shape index (κ3) is 3.28. The van der Waals surface area contributed by atoms with Crippen molar-refractivity contribution in [3.63, 3.8) is 0 Å². The van der Waals surface area contributed by atoms with E-state index >= 15 is 0 Å². The summed E-state index contributed by atoms with van der Waals surface area (Å²) in [6, 6.07) is 0. The van der Waals surface area contributed by atoms with Gasteiger partial charge in [-0.1, -0.05) is 0 Å². The van der Waals surface area contributed by atoms with Crippen LogP contribution in [0.25, 0.3) is 0 Å². The third-order valence-corrected chi connectivity index (χ3v) is 2.35. The van der Waals surface area contributed by atoms with Gasteiger partial charge in [0, 0.05) is 32.1 Å². The zero-order valence-corrected chi connectivity index (χ0v) is 8.25. The standard InChI is InChI=1S/C10H14O4/c1-7(11)14-5-4-8-6-9(12)2-3-10(8)13/h8H,2-6H2,1H3. The fraction of sp³-hybridized carbons (Fsp3) is 0.700. The first-order valence-electron chi connectivity index (χ1n) is 4.77. The van der Waals surface area contributed by atoms with Crippen LogP contribution in [0.5, 0.6) is 0 Å². The predicted octanol–water partition coefficient (Wildman–Crippen LogP) is 0.878. The molecule has 0 aromatic rings. The minimum Gasteiger partial charge on any atom is -0.466 e. The molecule has 0 spiro atoms. The Morgan fingerprint density at radius 3 is 2.79 bits per heavy atom. The first-order chi connectivity index (χ1) is 6.59. The van der Waals surface area contributed by atoms with Crippen molar-refractivity contribution in [2.24, 2.45) is 5.92 Å². The highest BCUT2D eigenvalue weighted by Gasteiger charge is 2.26. The molecular formula is C10H14O4. The van der Waals surface area contributed by atoms with Gasteiger partial charge in [-0.25, -0.2) is 0 Å². The van der Waals surface area contributed by atoms with Gasteiger partial charge in [-0.2, -0.15) is 0 Å². The van der Waals surface area contributed by atoms with Crippen LogP contribution in [-0.4, -0.2) is 24.1 Å². The smallest absolute Gasteiger partial charge is 0.302 e. The highest BCUT2D eigenvalue weighted by atomic mass is 16.5. The van der Waals surface area contributed by atoms with Crippen LogP contribution in [0, 0.1) is 5.92 Å². The van der Waals surface area contributed by atoms with E-state index in [9.17, 15) is 14.4 Å². The third-order valence-electron chi connectivity index (χ3n) is 2.35. The summed E-state index contributed by atoms with van der Waals surface area (Å²) >= 11 is 0. The topological polar surface area (TPSA) is 60.4 Å². The molecule has 0 bridgehead atoms. The lowest BCUT2D eigenvalue weighted by Gasteiger charge is -2.18. The summed E-state index contributed by atoms with van der Waals surface area (Å²) in [6.07, 6.45) is 1.52. The van der Waals surface area contributed by atoms with Gasteiger partial charge in [0.1, 0.15) is 11.6 Å². The molecule has 78 valence electrons. The van der Waals surface area contributed by atoms with Gasteiger partial charge in [0.25, 0.3) is 0 Å². The molecule has 0 amide bonds. The van der Waals surface area contributed by atoms with Crippen LogP contribution in [0.2, 0.25) is 0 Å². The fourth-order valence-electron chi connectivity index (χ4n) is 1.57. The number of ether oxygens (including phenoxy) is 1. The lowest BCUT2D eigenvalue weighted by molar-refractivity contribution is -0.142. The van der Waals surface area contributed by atoms with E-state index < -0.39 is 0 Å². The molecule has 1 fully saturated rings. The molecule has 1 rings (SSSR count). The number of esters is 1. The molecule has 0 saturated heterocycles. The average molecular weight is 198 g/mol. The van der Waals surface area contributed by atoms with Crippen LogP contribution in [0.3, 0.4) is 0 Å². The quantitative estimate of drug-likeness (QED) is 0.631. The molecule has 1 saturated carbocycles. The predicted molar refractivity (Wildman–Crippen MR) is 48.6 cm³/mol. The van der Waals surface area contributed by atoms with Crippen LogP contribution in [0.4, 0.5) is 0 Å². The van der Waals surface area contributed by atoms with Crippen molar-refractivity contribution in [3.05, 3.63) is 0 Å². The normalized spacial score (nSPS) is 22.2. The van der Waals surface area contributed by atoms with Gasteiger partial charge in [-0.15, -0.1) is 0 Å².